The van der Waals surface area contributed by atoms with E-state index in [-0.39, 0.29) is 24.2 Å². The van der Waals surface area contributed by atoms with Gasteiger partial charge in [0.2, 0.25) is 0 Å². The Balaban J connectivity index is 1.89. The van der Waals surface area contributed by atoms with Crippen molar-refractivity contribution in [2.75, 3.05) is 11.9 Å². The van der Waals surface area contributed by atoms with E-state index in [1.165, 1.54) is 24.3 Å². The zero-order valence-corrected chi connectivity index (χ0v) is 14.3. The first-order valence-electron chi connectivity index (χ1n) is 7.19. The molecule has 0 bridgehead atoms. The summed E-state index contributed by atoms with van der Waals surface area (Å²) in [7, 11) is 0. The SMILES string of the molecule is C[C@H]([NH2+]CC(=O)Nc1ccc([N+](=O)[O-])cc1)c1ccc(Cl)cc1Cl. The summed E-state index contributed by atoms with van der Waals surface area (Å²) in [6.45, 7) is 2.13. The summed E-state index contributed by atoms with van der Waals surface area (Å²) < 4.78 is 0. The summed E-state index contributed by atoms with van der Waals surface area (Å²) in [5, 5.41) is 16.2. The number of hydrogen-bond acceptors (Lipinski definition) is 3. The normalized spacial score (nSPS) is 11.8. The third kappa shape index (κ3) is 4.92. The molecule has 1 atom stereocenters. The molecule has 2 aromatic rings. The molecule has 0 aliphatic rings. The number of nitro benzene ring substituents is 1. The van der Waals surface area contributed by atoms with Gasteiger partial charge in [-0.15, -0.1) is 0 Å². The highest BCUT2D eigenvalue weighted by Gasteiger charge is 2.15. The van der Waals surface area contributed by atoms with Crippen LogP contribution < -0.4 is 10.6 Å². The van der Waals surface area contributed by atoms with Crippen LogP contribution in [0.2, 0.25) is 10.0 Å². The molecular weight excluding hydrogens is 353 g/mol. The first-order chi connectivity index (χ1) is 11.4. The predicted molar refractivity (Wildman–Crippen MR) is 93.4 cm³/mol. The van der Waals surface area contributed by atoms with Gasteiger partial charge in [-0.25, -0.2) is 0 Å². The lowest BCUT2D eigenvalue weighted by Gasteiger charge is -2.13. The molecule has 0 fully saturated rings. The van der Waals surface area contributed by atoms with E-state index >= 15 is 0 Å². The van der Waals surface area contributed by atoms with E-state index in [2.05, 4.69) is 5.32 Å². The average molecular weight is 369 g/mol. The van der Waals surface area contributed by atoms with Crippen LogP contribution in [0.3, 0.4) is 0 Å². The van der Waals surface area contributed by atoms with Crippen LogP contribution in [-0.2, 0) is 4.79 Å². The largest absolute Gasteiger partial charge is 0.332 e. The third-order valence-corrected chi connectivity index (χ3v) is 4.03. The monoisotopic (exact) mass is 368 g/mol. The molecule has 0 aromatic heterocycles. The van der Waals surface area contributed by atoms with Gasteiger partial charge in [0.05, 0.1) is 9.95 Å². The number of hydrogen-bond donors (Lipinski definition) is 2. The number of nitrogens with two attached hydrogens (primary N) is 1. The molecule has 2 rings (SSSR count). The van der Waals surface area contributed by atoms with Crippen molar-refractivity contribution in [2.45, 2.75) is 13.0 Å². The summed E-state index contributed by atoms with van der Waals surface area (Å²) in [6, 6.07) is 10.9. The van der Waals surface area contributed by atoms with Crippen LogP contribution in [0.25, 0.3) is 0 Å². The number of halogens is 2. The van der Waals surface area contributed by atoms with Gasteiger partial charge in [-0.2, -0.15) is 0 Å². The van der Waals surface area contributed by atoms with Crippen molar-refractivity contribution in [1.29, 1.82) is 0 Å². The Morgan fingerprint density at radius 2 is 1.92 bits per heavy atom. The second-order valence-corrected chi connectivity index (χ2v) is 6.09. The molecule has 6 nitrogen and oxygen atoms in total. The first kappa shape index (κ1) is 18.2. The molecule has 1 amide bonds. The number of nitrogens with zero attached hydrogens (tertiary/aromatic N) is 1. The number of non-ortho nitro benzene ring substituents is 1. The number of nitro groups is 1. The van der Waals surface area contributed by atoms with Gasteiger partial charge in [-0.3, -0.25) is 14.9 Å². The zero-order valence-electron chi connectivity index (χ0n) is 12.8. The number of rotatable bonds is 6. The second kappa shape index (κ2) is 8.10. The van der Waals surface area contributed by atoms with Crippen molar-refractivity contribution in [3.05, 3.63) is 68.2 Å². The molecule has 126 valence electrons. The number of quaternary nitrogens is 1. The number of anilines is 1. The summed E-state index contributed by atoms with van der Waals surface area (Å²) in [4.78, 5) is 22.1. The lowest BCUT2D eigenvalue weighted by Crippen LogP contribution is -2.86. The Morgan fingerprint density at radius 3 is 2.50 bits per heavy atom. The second-order valence-electron chi connectivity index (χ2n) is 5.25. The molecule has 0 heterocycles. The first-order valence-corrected chi connectivity index (χ1v) is 7.95. The van der Waals surface area contributed by atoms with Crippen molar-refractivity contribution >= 4 is 40.5 Å². The van der Waals surface area contributed by atoms with Crippen LogP contribution in [0.4, 0.5) is 11.4 Å². The number of nitrogens with one attached hydrogen (secondary N) is 1. The molecule has 2 aromatic carbocycles. The van der Waals surface area contributed by atoms with Gasteiger partial charge in [-0.05, 0) is 31.2 Å². The van der Waals surface area contributed by atoms with Crippen molar-refractivity contribution in [3.8, 4) is 0 Å². The standard InChI is InChI=1S/C16H15Cl2N3O3/c1-10(14-7-2-11(17)8-15(14)18)19-9-16(22)20-12-3-5-13(6-4-12)21(23)24/h2-8,10,19H,9H2,1H3,(H,20,22)/p+1/t10-/m0/s1. The fourth-order valence-electron chi connectivity index (χ4n) is 2.16. The van der Waals surface area contributed by atoms with E-state index in [0.29, 0.717) is 15.7 Å². The lowest BCUT2D eigenvalue weighted by atomic mass is 10.1. The van der Waals surface area contributed by atoms with Gasteiger partial charge >= 0.3 is 0 Å². The molecule has 0 unspecified atom stereocenters. The highest BCUT2D eigenvalue weighted by atomic mass is 35.5. The maximum atomic E-state index is 12.0. The smallest absolute Gasteiger partial charge is 0.279 e. The van der Waals surface area contributed by atoms with Crippen molar-refractivity contribution in [3.63, 3.8) is 0 Å². The zero-order chi connectivity index (χ0) is 17.7. The van der Waals surface area contributed by atoms with E-state index in [9.17, 15) is 14.9 Å². The van der Waals surface area contributed by atoms with E-state index in [1.807, 2.05) is 18.3 Å². The van der Waals surface area contributed by atoms with Gasteiger partial charge in [-0.1, -0.05) is 29.3 Å². The summed E-state index contributed by atoms with van der Waals surface area (Å²) in [5.74, 6) is -0.208. The number of carbonyl (C=O) groups excluding carboxylic acids is 1. The highest BCUT2D eigenvalue weighted by molar-refractivity contribution is 6.35. The minimum absolute atomic E-state index is 0.0163. The fraction of sp³-hybridized carbons (Fsp3) is 0.188. The van der Waals surface area contributed by atoms with Crippen molar-refractivity contribution < 1.29 is 15.0 Å². The van der Waals surface area contributed by atoms with Crippen LogP contribution in [-0.4, -0.2) is 17.4 Å². The Hall–Kier alpha value is -2.15. The summed E-state index contributed by atoms with van der Waals surface area (Å²) in [6.07, 6.45) is 0. The predicted octanol–water partition coefficient (Wildman–Crippen LogP) is 3.16. The molecule has 0 aliphatic heterocycles. The molecule has 8 heteroatoms. The molecule has 0 saturated heterocycles. The van der Waals surface area contributed by atoms with E-state index < -0.39 is 4.92 Å². The Labute approximate surface area is 148 Å². The van der Waals surface area contributed by atoms with Crippen LogP contribution in [0, 0.1) is 10.1 Å². The van der Waals surface area contributed by atoms with Crippen LogP contribution >= 0.6 is 23.2 Å². The van der Waals surface area contributed by atoms with Gasteiger partial charge in [0.25, 0.3) is 11.6 Å². The molecular formula is C16H16Cl2N3O3+. The van der Waals surface area contributed by atoms with Crippen LogP contribution in [0.5, 0.6) is 0 Å². The highest BCUT2D eigenvalue weighted by Crippen LogP contribution is 2.24. The molecule has 0 radical (unpaired) electrons. The third-order valence-electron chi connectivity index (χ3n) is 3.47. The van der Waals surface area contributed by atoms with Gasteiger partial charge in [0.15, 0.2) is 6.54 Å². The summed E-state index contributed by atoms with van der Waals surface area (Å²) in [5.41, 5.74) is 1.38. The fourth-order valence-corrected chi connectivity index (χ4v) is 2.74. The maximum Gasteiger partial charge on any atom is 0.279 e. The van der Waals surface area contributed by atoms with Crippen molar-refractivity contribution in [2.24, 2.45) is 0 Å². The number of carbonyl (C=O) groups is 1. The molecule has 24 heavy (non-hydrogen) atoms. The Morgan fingerprint density at radius 1 is 1.25 bits per heavy atom. The molecule has 0 saturated carbocycles. The number of benzene rings is 2. The molecule has 3 N–H and O–H groups in total. The van der Waals surface area contributed by atoms with E-state index in [4.69, 9.17) is 23.2 Å². The quantitative estimate of drug-likeness (QED) is 0.606. The lowest BCUT2D eigenvalue weighted by molar-refractivity contribution is -0.682. The summed E-state index contributed by atoms with van der Waals surface area (Å²) >= 11 is 12.0. The van der Waals surface area contributed by atoms with E-state index in [1.54, 1.807) is 12.1 Å². The van der Waals surface area contributed by atoms with Crippen LogP contribution in [0.1, 0.15) is 18.5 Å². The number of amides is 1. The minimum atomic E-state index is -0.489. The molecule has 0 aliphatic carbocycles. The van der Waals surface area contributed by atoms with Crippen molar-refractivity contribution in [1.82, 2.24) is 0 Å². The molecule has 0 spiro atoms. The minimum Gasteiger partial charge on any atom is -0.332 e. The average Bonchev–Trinajstić information content (AvgIpc) is 2.53. The topological polar surface area (TPSA) is 88.8 Å². The Kier molecular flexibility index (Phi) is 6.14. The van der Waals surface area contributed by atoms with E-state index in [0.717, 1.165) is 5.56 Å². The van der Waals surface area contributed by atoms with Gasteiger partial charge in [0.1, 0.15) is 6.04 Å². The Bertz CT molecular complexity index is 751. The van der Waals surface area contributed by atoms with Gasteiger partial charge in [0, 0.05) is 28.4 Å². The maximum absolute atomic E-state index is 12.0. The van der Waals surface area contributed by atoms with Crippen LogP contribution in [0.15, 0.2) is 42.5 Å². The van der Waals surface area contributed by atoms with Gasteiger partial charge < -0.3 is 10.6 Å².